The van der Waals surface area contributed by atoms with Crippen LogP contribution in [0.15, 0.2) is 34.8 Å². The zero-order chi connectivity index (χ0) is 13.7. The quantitative estimate of drug-likeness (QED) is 0.778. The van der Waals surface area contributed by atoms with Gasteiger partial charge in [-0.2, -0.15) is 0 Å². The lowest BCUT2D eigenvalue weighted by Crippen LogP contribution is -1.98. The van der Waals surface area contributed by atoms with Gasteiger partial charge in [0.15, 0.2) is 0 Å². The van der Waals surface area contributed by atoms with E-state index in [4.69, 9.17) is 4.74 Å². The van der Waals surface area contributed by atoms with Gasteiger partial charge in [-0.25, -0.2) is 0 Å². The first-order chi connectivity index (χ1) is 9.19. The SMILES string of the molecule is CCCOc1ccc(NCc2cc(Br)c(C)s2)cc1. The van der Waals surface area contributed by atoms with Crippen molar-refractivity contribution in [3.05, 3.63) is 44.6 Å². The molecule has 2 rings (SSSR count). The molecule has 2 aromatic rings. The summed E-state index contributed by atoms with van der Waals surface area (Å²) in [6.45, 7) is 5.86. The van der Waals surface area contributed by atoms with Crippen molar-refractivity contribution in [2.24, 2.45) is 0 Å². The fourth-order valence-corrected chi connectivity index (χ4v) is 3.22. The number of anilines is 1. The number of hydrogen-bond acceptors (Lipinski definition) is 3. The first-order valence-electron chi connectivity index (χ1n) is 6.40. The van der Waals surface area contributed by atoms with Crippen LogP contribution in [0.5, 0.6) is 5.75 Å². The molecular formula is C15H18BrNOS. The second-order valence-corrected chi connectivity index (χ2v) is 6.54. The number of halogens is 1. The Labute approximate surface area is 126 Å². The van der Waals surface area contributed by atoms with E-state index >= 15 is 0 Å². The van der Waals surface area contributed by atoms with E-state index in [1.165, 1.54) is 14.2 Å². The molecule has 0 amide bonds. The first-order valence-corrected chi connectivity index (χ1v) is 8.01. The lowest BCUT2D eigenvalue weighted by molar-refractivity contribution is 0.317. The molecule has 0 atom stereocenters. The Morgan fingerprint density at radius 3 is 2.58 bits per heavy atom. The van der Waals surface area contributed by atoms with Gasteiger partial charge in [0.05, 0.1) is 6.61 Å². The van der Waals surface area contributed by atoms with E-state index in [2.05, 4.69) is 53.3 Å². The minimum atomic E-state index is 0.773. The van der Waals surface area contributed by atoms with E-state index in [0.717, 1.165) is 31.0 Å². The van der Waals surface area contributed by atoms with E-state index < -0.39 is 0 Å². The lowest BCUT2D eigenvalue weighted by Gasteiger charge is -2.07. The molecule has 0 spiro atoms. The lowest BCUT2D eigenvalue weighted by atomic mass is 10.3. The van der Waals surface area contributed by atoms with Crippen molar-refractivity contribution in [3.63, 3.8) is 0 Å². The average Bonchev–Trinajstić information content (AvgIpc) is 2.74. The molecule has 0 aliphatic rings. The largest absolute Gasteiger partial charge is 0.494 e. The number of hydrogen-bond donors (Lipinski definition) is 1. The number of nitrogens with one attached hydrogen (secondary N) is 1. The van der Waals surface area contributed by atoms with E-state index in [1.807, 2.05) is 23.5 Å². The molecule has 0 fully saturated rings. The normalized spacial score (nSPS) is 10.5. The molecule has 4 heteroatoms. The molecule has 2 nitrogen and oxygen atoms in total. The molecule has 0 aliphatic heterocycles. The highest BCUT2D eigenvalue weighted by Gasteiger charge is 2.02. The van der Waals surface area contributed by atoms with Crippen LogP contribution < -0.4 is 10.1 Å². The second-order valence-electron chi connectivity index (χ2n) is 4.34. The molecule has 1 N–H and O–H groups in total. The predicted octanol–water partition coefficient (Wildman–Crippen LogP) is 5.22. The summed E-state index contributed by atoms with van der Waals surface area (Å²) < 4.78 is 6.75. The molecule has 1 aromatic carbocycles. The average molecular weight is 340 g/mol. The van der Waals surface area contributed by atoms with Crippen molar-refractivity contribution in [3.8, 4) is 5.75 Å². The smallest absolute Gasteiger partial charge is 0.119 e. The van der Waals surface area contributed by atoms with Crippen molar-refractivity contribution < 1.29 is 4.74 Å². The standard InChI is InChI=1S/C15H18BrNOS/c1-3-8-18-13-6-4-12(5-7-13)17-10-14-9-15(16)11(2)19-14/h4-7,9,17H,3,8,10H2,1-2H3. The summed E-state index contributed by atoms with van der Waals surface area (Å²) in [4.78, 5) is 2.65. The minimum absolute atomic E-state index is 0.773. The fourth-order valence-electron chi connectivity index (χ4n) is 1.68. The zero-order valence-electron chi connectivity index (χ0n) is 11.2. The van der Waals surface area contributed by atoms with Crippen molar-refractivity contribution >= 4 is 33.0 Å². The Morgan fingerprint density at radius 1 is 1.26 bits per heavy atom. The summed E-state index contributed by atoms with van der Waals surface area (Å²) >= 11 is 5.36. The Hall–Kier alpha value is -1.00. The number of ether oxygens (including phenoxy) is 1. The van der Waals surface area contributed by atoms with E-state index in [1.54, 1.807) is 0 Å². The van der Waals surface area contributed by atoms with Crippen LogP contribution in [0.1, 0.15) is 23.1 Å². The fraction of sp³-hybridized carbons (Fsp3) is 0.333. The van der Waals surface area contributed by atoms with Gasteiger partial charge in [0.25, 0.3) is 0 Å². The predicted molar refractivity (Wildman–Crippen MR) is 86.3 cm³/mol. The molecule has 0 saturated carbocycles. The molecule has 0 radical (unpaired) electrons. The van der Waals surface area contributed by atoms with Gasteiger partial charge in [-0.15, -0.1) is 11.3 Å². The Balaban J connectivity index is 1.89. The number of thiophene rings is 1. The third kappa shape index (κ3) is 4.25. The number of benzene rings is 1. The minimum Gasteiger partial charge on any atom is -0.494 e. The van der Waals surface area contributed by atoms with Gasteiger partial charge in [-0.05, 0) is 59.6 Å². The van der Waals surface area contributed by atoms with Crippen LogP contribution in [0.3, 0.4) is 0 Å². The summed E-state index contributed by atoms with van der Waals surface area (Å²) in [5, 5.41) is 3.42. The van der Waals surface area contributed by atoms with Crippen LogP contribution in [-0.4, -0.2) is 6.61 Å². The van der Waals surface area contributed by atoms with Crippen LogP contribution in [0.2, 0.25) is 0 Å². The zero-order valence-corrected chi connectivity index (χ0v) is 13.6. The maximum absolute atomic E-state index is 5.56. The second kappa shape index (κ2) is 6.96. The van der Waals surface area contributed by atoms with E-state index in [0.29, 0.717) is 0 Å². The van der Waals surface area contributed by atoms with Gasteiger partial charge in [-0.3, -0.25) is 0 Å². The van der Waals surface area contributed by atoms with Crippen LogP contribution in [0.25, 0.3) is 0 Å². The van der Waals surface area contributed by atoms with Crippen molar-refractivity contribution in [2.75, 3.05) is 11.9 Å². The Kier molecular flexibility index (Phi) is 5.28. The van der Waals surface area contributed by atoms with Gasteiger partial charge in [0.2, 0.25) is 0 Å². The maximum Gasteiger partial charge on any atom is 0.119 e. The summed E-state index contributed by atoms with van der Waals surface area (Å²) in [6.07, 6.45) is 1.03. The third-order valence-electron chi connectivity index (χ3n) is 2.70. The van der Waals surface area contributed by atoms with Gasteiger partial charge >= 0.3 is 0 Å². The molecular weight excluding hydrogens is 322 g/mol. The van der Waals surface area contributed by atoms with Crippen LogP contribution >= 0.6 is 27.3 Å². The molecule has 19 heavy (non-hydrogen) atoms. The summed E-state index contributed by atoms with van der Waals surface area (Å²) in [7, 11) is 0. The Bertz CT molecular complexity index is 502. The van der Waals surface area contributed by atoms with Crippen LogP contribution in [-0.2, 0) is 6.54 Å². The first kappa shape index (κ1) is 14.4. The van der Waals surface area contributed by atoms with Crippen LogP contribution in [0, 0.1) is 6.92 Å². The summed E-state index contributed by atoms with van der Waals surface area (Å²) in [6, 6.07) is 10.3. The monoisotopic (exact) mass is 339 g/mol. The van der Waals surface area contributed by atoms with Gasteiger partial charge in [-0.1, -0.05) is 6.92 Å². The molecule has 102 valence electrons. The van der Waals surface area contributed by atoms with Gasteiger partial charge in [0, 0.05) is 26.5 Å². The number of rotatable bonds is 6. The highest BCUT2D eigenvalue weighted by molar-refractivity contribution is 9.10. The van der Waals surface area contributed by atoms with Crippen molar-refractivity contribution in [2.45, 2.75) is 26.8 Å². The maximum atomic E-state index is 5.56. The van der Waals surface area contributed by atoms with Crippen LogP contribution in [0.4, 0.5) is 5.69 Å². The molecule has 1 heterocycles. The van der Waals surface area contributed by atoms with E-state index in [9.17, 15) is 0 Å². The van der Waals surface area contributed by atoms with Gasteiger partial charge in [0.1, 0.15) is 5.75 Å². The van der Waals surface area contributed by atoms with Crippen molar-refractivity contribution in [1.82, 2.24) is 0 Å². The molecule has 0 bridgehead atoms. The molecule has 0 aliphatic carbocycles. The highest BCUT2D eigenvalue weighted by Crippen LogP contribution is 2.27. The summed E-state index contributed by atoms with van der Waals surface area (Å²) in [5.74, 6) is 0.933. The van der Waals surface area contributed by atoms with Crippen molar-refractivity contribution in [1.29, 1.82) is 0 Å². The molecule has 0 saturated heterocycles. The number of aryl methyl sites for hydroxylation is 1. The summed E-state index contributed by atoms with van der Waals surface area (Å²) in [5.41, 5.74) is 1.12. The van der Waals surface area contributed by atoms with Gasteiger partial charge < -0.3 is 10.1 Å². The third-order valence-corrected chi connectivity index (χ3v) is 4.84. The molecule has 0 unspecified atom stereocenters. The van der Waals surface area contributed by atoms with E-state index in [-0.39, 0.29) is 0 Å². The Morgan fingerprint density at radius 2 is 2.00 bits per heavy atom. The molecule has 1 aromatic heterocycles. The highest BCUT2D eigenvalue weighted by atomic mass is 79.9. The topological polar surface area (TPSA) is 21.3 Å².